The van der Waals surface area contributed by atoms with Crippen LogP contribution in [0.15, 0.2) is 0 Å². The molecule has 2 fully saturated rings. The van der Waals surface area contributed by atoms with Gasteiger partial charge < -0.3 is 10.2 Å². The first-order chi connectivity index (χ1) is 9.40. The van der Waals surface area contributed by atoms with Crippen molar-refractivity contribution in [3.63, 3.8) is 0 Å². The van der Waals surface area contributed by atoms with Crippen molar-refractivity contribution in [2.75, 3.05) is 18.1 Å². The molecule has 2 atom stereocenters. The van der Waals surface area contributed by atoms with Gasteiger partial charge in [-0.25, -0.2) is 0 Å². The second kappa shape index (κ2) is 5.58. The molecule has 20 heavy (non-hydrogen) atoms. The van der Waals surface area contributed by atoms with Gasteiger partial charge in [0.25, 0.3) is 0 Å². The predicted molar refractivity (Wildman–Crippen MR) is 82.7 cm³/mol. The summed E-state index contributed by atoms with van der Waals surface area (Å²) in [4.78, 5) is 27.4. The van der Waals surface area contributed by atoms with Crippen LogP contribution < -0.4 is 5.32 Å². The summed E-state index contributed by atoms with van der Waals surface area (Å²) in [6.45, 7) is 8.55. The zero-order valence-electron chi connectivity index (χ0n) is 13.0. The topological polar surface area (TPSA) is 49.4 Å². The highest BCUT2D eigenvalue weighted by Crippen LogP contribution is 2.44. The van der Waals surface area contributed by atoms with Crippen molar-refractivity contribution in [1.82, 2.24) is 10.2 Å². The smallest absolute Gasteiger partial charge is 0.249 e. The van der Waals surface area contributed by atoms with Gasteiger partial charge in [0.2, 0.25) is 11.8 Å². The quantitative estimate of drug-likeness (QED) is 0.763. The Kier molecular flexibility index (Phi) is 4.38. The van der Waals surface area contributed by atoms with Crippen LogP contribution >= 0.6 is 11.8 Å². The van der Waals surface area contributed by atoms with Gasteiger partial charge in [0.1, 0.15) is 11.1 Å². The van der Waals surface area contributed by atoms with E-state index in [0.29, 0.717) is 18.9 Å². The molecule has 0 aromatic heterocycles. The van der Waals surface area contributed by atoms with Crippen LogP contribution in [-0.2, 0) is 9.59 Å². The van der Waals surface area contributed by atoms with Crippen LogP contribution in [0.1, 0.15) is 47.0 Å². The minimum atomic E-state index is -0.695. The third kappa shape index (κ3) is 2.45. The van der Waals surface area contributed by atoms with Crippen molar-refractivity contribution in [1.29, 1.82) is 0 Å². The van der Waals surface area contributed by atoms with E-state index in [0.717, 1.165) is 24.3 Å². The SMILES string of the molecule is CCSCCN1C(=O)C(C)(C2CC2)NC(=O)C1(C)CC. The van der Waals surface area contributed by atoms with Gasteiger partial charge in [-0.3, -0.25) is 9.59 Å². The highest BCUT2D eigenvalue weighted by atomic mass is 32.2. The van der Waals surface area contributed by atoms with Crippen molar-refractivity contribution >= 4 is 23.6 Å². The monoisotopic (exact) mass is 298 g/mol. The van der Waals surface area contributed by atoms with Crippen LogP contribution in [0, 0.1) is 5.92 Å². The second-order valence-corrected chi connectivity index (χ2v) is 7.61. The summed E-state index contributed by atoms with van der Waals surface area (Å²) in [6.07, 6.45) is 2.74. The number of piperazine rings is 1. The number of amides is 2. The first-order valence-corrected chi connectivity index (χ1v) is 8.78. The molecule has 1 N–H and O–H groups in total. The predicted octanol–water partition coefficient (Wildman–Crippen LogP) is 2.04. The molecule has 2 aliphatic rings. The molecule has 0 aromatic carbocycles. The van der Waals surface area contributed by atoms with E-state index in [4.69, 9.17) is 0 Å². The van der Waals surface area contributed by atoms with E-state index in [2.05, 4.69) is 12.2 Å². The van der Waals surface area contributed by atoms with Crippen molar-refractivity contribution in [3.05, 3.63) is 0 Å². The number of carbonyl (C=O) groups excluding carboxylic acids is 2. The van der Waals surface area contributed by atoms with E-state index in [1.165, 1.54) is 0 Å². The lowest BCUT2D eigenvalue weighted by molar-refractivity contribution is -0.162. The molecule has 0 aromatic rings. The Morgan fingerprint density at radius 2 is 1.95 bits per heavy atom. The van der Waals surface area contributed by atoms with Crippen LogP contribution in [-0.4, -0.2) is 45.8 Å². The third-order valence-electron chi connectivity index (χ3n) is 4.89. The number of rotatable bonds is 6. The Morgan fingerprint density at radius 1 is 1.30 bits per heavy atom. The molecule has 1 aliphatic heterocycles. The molecule has 2 amide bonds. The Labute approximate surface area is 126 Å². The molecule has 1 saturated heterocycles. The Bertz CT molecular complexity index is 411. The highest BCUT2D eigenvalue weighted by molar-refractivity contribution is 7.99. The van der Waals surface area contributed by atoms with Gasteiger partial charge in [-0.05, 0) is 44.8 Å². The lowest BCUT2D eigenvalue weighted by Crippen LogP contribution is -2.74. The van der Waals surface area contributed by atoms with Crippen molar-refractivity contribution in [3.8, 4) is 0 Å². The lowest BCUT2D eigenvalue weighted by Gasteiger charge is -2.50. The fourth-order valence-corrected chi connectivity index (χ4v) is 3.59. The van der Waals surface area contributed by atoms with Gasteiger partial charge in [0.05, 0.1) is 0 Å². The summed E-state index contributed by atoms with van der Waals surface area (Å²) < 4.78 is 0. The molecule has 114 valence electrons. The van der Waals surface area contributed by atoms with Crippen LogP contribution in [0.2, 0.25) is 0 Å². The first-order valence-electron chi connectivity index (χ1n) is 7.62. The van der Waals surface area contributed by atoms with E-state index < -0.39 is 11.1 Å². The molecule has 1 heterocycles. The highest BCUT2D eigenvalue weighted by Gasteiger charge is 2.58. The zero-order chi connectivity index (χ0) is 15.0. The minimum Gasteiger partial charge on any atom is -0.340 e. The summed E-state index contributed by atoms with van der Waals surface area (Å²) in [5.41, 5.74) is -1.37. The summed E-state index contributed by atoms with van der Waals surface area (Å²) in [5, 5.41) is 3.03. The fourth-order valence-electron chi connectivity index (χ4n) is 2.99. The number of hydrogen-bond acceptors (Lipinski definition) is 3. The molecule has 0 spiro atoms. The van der Waals surface area contributed by atoms with Gasteiger partial charge >= 0.3 is 0 Å². The molecule has 5 heteroatoms. The summed E-state index contributed by atoms with van der Waals surface area (Å²) >= 11 is 1.81. The first kappa shape index (κ1) is 15.7. The largest absolute Gasteiger partial charge is 0.340 e. The number of hydrogen-bond donors (Lipinski definition) is 1. The standard InChI is InChI=1S/C15H26N2O2S/c1-5-14(3)12(18)16-15(4,11-7-8-11)13(19)17(14)9-10-20-6-2/h11H,5-10H2,1-4H3,(H,16,18). The molecular weight excluding hydrogens is 272 g/mol. The van der Waals surface area contributed by atoms with Crippen LogP contribution in [0.4, 0.5) is 0 Å². The van der Waals surface area contributed by atoms with Crippen LogP contribution in [0.25, 0.3) is 0 Å². The minimum absolute atomic E-state index is 0.00972. The average Bonchev–Trinajstić information content (AvgIpc) is 3.25. The van der Waals surface area contributed by atoms with Gasteiger partial charge in [-0.1, -0.05) is 13.8 Å². The van der Waals surface area contributed by atoms with Gasteiger partial charge in [0.15, 0.2) is 0 Å². The van der Waals surface area contributed by atoms with E-state index in [1.807, 2.05) is 37.4 Å². The van der Waals surface area contributed by atoms with E-state index in [-0.39, 0.29) is 11.8 Å². The molecule has 2 unspecified atom stereocenters. The molecule has 1 aliphatic carbocycles. The van der Waals surface area contributed by atoms with Crippen molar-refractivity contribution < 1.29 is 9.59 Å². The van der Waals surface area contributed by atoms with Crippen LogP contribution in [0.3, 0.4) is 0 Å². The molecule has 0 bridgehead atoms. The van der Waals surface area contributed by atoms with Gasteiger partial charge in [-0.2, -0.15) is 11.8 Å². The number of nitrogens with one attached hydrogen (secondary N) is 1. The maximum Gasteiger partial charge on any atom is 0.249 e. The average molecular weight is 298 g/mol. The molecule has 1 saturated carbocycles. The van der Waals surface area contributed by atoms with E-state index >= 15 is 0 Å². The summed E-state index contributed by atoms with van der Waals surface area (Å²) in [5.74, 6) is 2.38. The normalized spacial score (nSPS) is 34.3. The summed E-state index contributed by atoms with van der Waals surface area (Å²) in [6, 6.07) is 0. The van der Waals surface area contributed by atoms with Crippen molar-refractivity contribution in [2.45, 2.75) is 58.0 Å². The van der Waals surface area contributed by atoms with Gasteiger partial charge in [-0.15, -0.1) is 0 Å². The third-order valence-corrected chi connectivity index (χ3v) is 5.77. The molecule has 0 radical (unpaired) electrons. The second-order valence-electron chi connectivity index (χ2n) is 6.21. The fraction of sp³-hybridized carbons (Fsp3) is 0.867. The number of nitrogens with zero attached hydrogens (tertiary/aromatic N) is 1. The molecule has 2 rings (SSSR count). The van der Waals surface area contributed by atoms with E-state index in [1.54, 1.807) is 0 Å². The maximum atomic E-state index is 12.9. The Morgan fingerprint density at radius 3 is 2.45 bits per heavy atom. The number of thioether (sulfide) groups is 1. The maximum absolute atomic E-state index is 12.9. The zero-order valence-corrected chi connectivity index (χ0v) is 13.8. The van der Waals surface area contributed by atoms with E-state index in [9.17, 15) is 9.59 Å². The Hall–Kier alpha value is -0.710. The summed E-state index contributed by atoms with van der Waals surface area (Å²) in [7, 11) is 0. The Balaban J connectivity index is 2.24. The van der Waals surface area contributed by atoms with Gasteiger partial charge in [0, 0.05) is 12.3 Å². The lowest BCUT2D eigenvalue weighted by atomic mass is 9.83. The van der Waals surface area contributed by atoms with Crippen LogP contribution in [0.5, 0.6) is 0 Å². The molecular formula is C15H26N2O2S. The molecule has 4 nitrogen and oxygen atoms in total. The number of carbonyl (C=O) groups is 2. The van der Waals surface area contributed by atoms with Crippen molar-refractivity contribution in [2.24, 2.45) is 5.92 Å².